The first-order chi connectivity index (χ1) is 7.18. The van der Waals surface area contributed by atoms with E-state index in [0.29, 0.717) is 24.0 Å². The van der Waals surface area contributed by atoms with E-state index in [9.17, 15) is 9.18 Å². The van der Waals surface area contributed by atoms with Gasteiger partial charge in [-0.1, -0.05) is 28.1 Å². The van der Waals surface area contributed by atoms with Crippen LogP contribution in [0.2, 0.25) is 0 Å². The smallest absolute Gasteiger partial charge is 0.161 e. The Labute approximate surface area is 96.1 Å². The lowest BCUT2D eigenvalue weighted by Gasteiger charge is -2.01. The van der Waals surface area contributed by atoms with Crippen molar-refractivity contribution in [3.63, 3.8) is 0 Å². The zero-order chi connectivity index (χ0) is 10.8. The molecule has 15 heavy (non-hydrogen) atoms. The number of rotatable bonds is 1. The van der Waals surface area contributed by atoms with Crippen LogP contribution in [0, 0.1) is 0 Å². The molecule has 2 rings (SSSR count). The van der Waals surface area contributed by atoms with Crippen LogP contribution in [0.15, 0.2) is 34.3 Å². The van der Waals surface area contributed by atoms with Gasteiger partial charge in [-0.25, -0.2) is 4.39 Å². The molecule has 0 atom stereocenters. The highest BCUT2D eigenvalue weighted by molar-refractivity contribution is 9.10. The molecule has 1 aromatic carbocycles. The molecular formula is C12H10BrFO. The largest absolute Gasteiger partial charge is 0.294 e. The Morgan fingerprint density at radius 1 is 1.20 bits per heavy atom. The topological polar surface area (TPSA) is 17.1 Å². The minimum Gasteiger partial charge on any atom is -0.294 e. The first-order valence-corrected chi connectivity index (χ1v) is 5.65. The molecule has 78 valence electrons. The summed E-state index contributed by atoms with van der Waals surface area (Å²) in [7, 11) is 0. The molecule has 0 N–H and O–H groups in total. The first-order valence-electron chi connectivity index (χ1n) is 4.86. The van der Waals surface area contributed by atoms with Crippen LogP contribution in [0.25, 0.3) is 5.83 Å². The molecule has 1 aliphatic rings. The van der Waals surface area contributed by atoms with Crippen LogP contribution in [-0.2, 0) is 4.79 Å². The molecule has 1 fully saturated rings. The molecule has 0 amide bonds. The number of benzene rings is 1. The van der Waals surface area contributed by atoms with Gasteiger partial charge in [0.25, 0.3) is 0 Å². The van der Waals surface area contributed by atoms with E-state index in [2.05, 4.69) is 15.9 Å². The summed E-state index contributed by atoms with van der Waals surface area (Å²) in [6.45, 7) is 0. The monoisotopic (exact) mass is 268 g/mol. The van der Waals surface area contributed by atoms with Gasteiger partial charge in [-0.3, -0.25) is 4.79 Å². The third-order valence-corrected chi connectivity index (χ3v) is 3.06. The fourth-order valence-electron chi connectivity index (χ4n) is 1.72. The fraction of sp³-hybridized carbons (Fsp3) is 0.250. The van der Waals surface area contributed by atoms with Crippen molar-refractivity contribution in [3.8, 4) is 0 Å². The van der Waals surface area contributed by atoms with E-state index in [-0.39, 0.29) is 11.6 Å². The van der Waals surface area contributed by atoms with Crippen molar-refractivity contribution in [2.75, 3.05) is 0 Å². The second-order valence-electron chi connectivity index (χ2n) is 3.58. The van der Waals surface area contributed by atoms with E-state index in [1.165, 1.54) is 0 Å². The van der Waals surface area contributed by atoms with Crippen LogP contribution in [0.4, 0.5) is 4.39 Å². The number of carbonyl (C=O) groups is 1. The van der Waals surface area contributed by atoms with E-state index in [0.717, 1.165) is 10.9 Å². The van der Waals surface area contributed by atoms with Gasteiger partial charge in [0.2, 0.25) is 0 Å². The lowest BCUT2D eigenvalue weighted by Crippen LogP contribution is -1.94. The van der Waals surface area contributed by atoms with Gasteiger partial charge in [-0.15, -0.1) is 0 Å². The summed E-state index contributed by atoms with van der Waals surface area (Å²) in [5.74, 6) is -0.402. The van der Waals surface area contributed by atoms with E-state index in [4.69, 9.17) is 0 Å². The van der Waals surface area contributed by atoms with Gasteiger partial charge in [-0.2, -0.15) is 0 Å². The van der Waals surface area contributed by atoms with Crippen LogP contribution >= 0.6 is 15.9 Å². The molecule has 0 aromatic heterocycles. The second kappa shape index (κ2) is 4.27. The SMILES string of the molecule is O=C1CCC/C1=C(\F)c1ccc(Br)cc1. The van der Waals surface area contributed by atoms with E-state index in [1.54, 1.807) is 24.3 Å². The summed E-state index contributed by atoms with van der Waals surface area (Å²) in [6.07, 6.45) is 1.83. The molecule has 0 radical (unpaired) electrons. The molecule has 0 aliphatic heterocycles. The highest BCUT2D eigenvalue weighted by Gasteiger charge is 2.22. The number of carbonyl (C=O) groups excluding carboxylic acids is 1. The number of halogens is 2. The molecule has 0 saturated heterocycles. The van der Waals surface area contributed by atoms with Crippen molar-refractivity contribution < 1.29 is 9.18 Å². The van der Waals surface area contributed by atoms with Crippen molar-refractivity contribution in [1.82, 2.24) is 0 Å². The molecule has 1 aliphatic carbocycles. The summed E-state index contributed by atoms with van der Waals surface area (Å²) >= 11 is 3.28. The Balaban J connectivity index is 2.38. The minimum absolute atomic E-state index is 0.0459. The zero-order valence-corrected chi connectivity index (χ0v) is 9.68. The van der Waals surface area contributed by atoms with Crippen molar-refractivity contribution in [3.05, 3.63) is 39.9 Å². The second-order valence-corrected chi connectivity index (χ2v) is 4.49. The minimum atomic E-state index is -0.356. The normalized spacial score (nSPS) is 19.5. The Kier molecular flexibility index (Phi) is 3.00. The van der Waals surface area contributed by atoms with Gasteiger partial charge in [0.05, 0.1) is 0 Å². The molecule has 0 unspecified atom stereocenters. The summed E-state index contributed by atoms with van der Waals surface area (Å²) in [5.41, 5.74) is 0.848. The Morgan fingerprint density at radius 2 is 1.87 bits per heavy atom. The highest BCUT2D eigenvalue weighted by Crippen LogP contribution is 2.30. The summed E-state index contributed by atoms with van der Waals surface area (Å²) in [4.78, 5) is 11.3. The molecule has 0 spiro atoms. The van der Waals surface area contributed by atoms with Gasteiger partial charge in [0, 0.05) is 22.0 Å². The predicted octanol–water partition coefficient (Wildman–Crippen LogP) is 3.88. The first kappa shape index (κ1) is 10.6. The molecule has 1 saturated carbocycles. The number of hydrogen-bond acceptors (Lipinski definition) is 1. The van der Waals surface area contributed by atoms with Gasteiger partial charge in [0.15, 0.2) is 5.78 Å². The number of Topliss-reactive ketones (excluding diaryl/α,β-unsaturated/α-hetero) is 1. The Bertz CT molecular complexity index is 420. The van der Waals surface area contributed by atoms with Crippen molar-refractivity contribution in [2.24, 2.45) is 0 Å². The maximum absolute atomic E-state index is 13.9. The van der Waals surface area contributed by atoms with E-state index < -0.39 is 0 Å². The Hall–Kier alpha value is -0.960. The summed E-state index contributed by atoms with van der Waals surface area (Å²) < 4.78 is 14.8. The fourth-order valence-corrected chi connectivity index (χ4v) is 1.98. The van der Waals surface area contributed by atoms with Crippen LogP contribution in [0.3, 0.4) is 0 Å². The maximum atomic E-state index is 13.9. The van der Waals surface area contributed by atoms with Crippen LogP contribution < -0.4 is 0 Å². The van der Waals surface area contributed by atoms with Crippen LogP contribution in [0.1, 0.15) is 24.8 Å². The van der Waals surface area contributed by atoms with E-state index in [1.807, 2.05) is 0 Å². The van der Waals surface area contributed by atoms with Crippen molar-refractivity contribution in [1.29, 1.82) is 0 Å². The van der Waals surface area contributed by atoms with Crippen LogP contribution in [-0.4, -0.2) is 5.78 Å². The lowest BCUT2D eigenvalue weighted by atomic mass is 10.1. The molecule has 0 bridgehead atoms. The third kappa shape index (κ3) is 2.17. The van der Waals surface area contributed by atoms with Gasteiger partial charge >= 0.3 is 0 Å². The number of allylic oxidation sites excluding steroid dienone is 1. The Morgan fingerprint density at radius 3 is 2.40 bits per heavy atom. The predicted molar refractivity (Wildman–Crippen MR) is 61.0 cm³/mol. The van der Waals surface area contributed by atoms with Gasteiger partial charge in [0.1, 0.15) is 5.83 Å². The average molecular weight is 269 g/mol. The molecule has 1 aromatic rings. The lowest BCUT2D eigenvalue weighted by molar-refractivity contribution is -0.114. The highest BCUT2D eigenvalue weighted by atomic mass is 79.9. The van der Waals surface area contributed by atoms with Crippen molar-refractivity contribution >= 4 is 27.5 Å². The quantitative estimate of drug-likeness (QED) is 0.707. The summed E-state index contributed by atoms with van der Waals surface area (Å²) in [6, 6.07) is 6.90. The zero-order valence-electron chi connectivity index (χ0n) is 8.09. The molecule has 3 heteroatoms. The van der Waals surface area contributed by atoms with Crippen molar-refractivity contribution in [2.45, 2.75) is 19.3 Å². The van der Waals surface area contributed by atoms with Gasteiger partial charge < -0.3 is 0 Å². The number of ketones is 1. The van der Waals surface area contributed by atoms with E-state index >= 15 is 0 Å². The molecule has 1 nitrogen and oxygen atoms in total. The summed E-state index contributed by atoms with van der Waals surface area (Å²) in [5, 5.41) is 0. The maximum Gasteiger partial charge on any atom is 0.161 e. The third-order valence-electron chi connectivity index (χ3n) is 2.53. The van der Waals surface area contributed by atoms with Crippen LogP contribution in [0.5, 0.6) is 0 Å². The number of hydrogen-bond donors (Lipinski definition) is 0. The average Bonchev–Trinajstić information content (AvgIpc) is 2.65. The standard InChI is InChI=1S/C12H10BrFO/c13-9-6-4-8(5-7-9)12(14)10-2-1-3-11(10)15/h4-7H,1-3H2/b12-10+. The molecular weight excluding hydrogens is 259 g/mol. The molecule has 0 heterocycles. The van der Waals surface area contributed by atoms with Gasteiger partial charge in [-0.05, 0) is 25.0 Å².